The number of carbonyl (C=O) groups excluding carboxylic acids is 1. The van der Waals surface area contributed by atoms with Crippen LogP contribution < -0.4 is 16.2 Å². The lowest BCUT2D eigenvalue weighted by molar-refractivity contribution is -0.118. The van der Waals surface area contributed by atoms with Crippen molar-refractivity contribution in [3.8, 4) is 0 Å². The minimum absolute atomic E-state index is 0.0107. The first kappa shape index (κ1) is 15.6. The molecular weight excluding hydrogens is 266 g/mol. The van der Waals surface area contributed by atoms with Crippen LogP contribution in [0.3, 0.4) is 0 Å². The van der Waals surface area contributed by atoms with E-state index in [1.54, 1.807) is 13.0 Å². The molecule has 1 aromatic rings. The molecule has 6 nitrogen and oxygen atoms in total. The second-order valence-electron chi connectivity index (χ2n) is 4.73. The van der Waals surface area contributed by atoms with Gasteiger partial charge in [0.15, 0.2) is 0 Å². The van der Waals surface area contributed by atoms with Crippen molar-refractivity contribution in [2.45, 2.75) is 31.7 Å². The van der Waals surface area contributed by atoms with Gasteiger partial charge in [-0.1, -0.05) is 19.9 Å². The fourth-order valence-electron chi connectivity index (χ4n) is 1.58. The lowest BCUT2D eigenvalue weighted by Gasteiger charge is -2.17. The van der Waals surface area contributed by atoms with Crippen LogP contribution in [0, 0.1) is 12.8 Å². The van der Waals surface area contributed by atoms with E-state index >= 15 is 0 Å². The Balaban J connectivity index is 3.08. The maximum Gasteiger partial charge on any atom is 0.241 e. The van der Waals surface area contributed by atoms with Crippen LogP contribution in [0.1, 0.15) is 19.4 Å². The molecule has 0 saturated carbocycles. The number of hydrogen-bond donors (Lipinski definition) is 3. The number of rotatable bonds is 4. The van der Waals surface area contributed by atoms with Gasteiger partial charge in [-0.25, -0.2) is 13.6 Å². The summed E-state index contributed by atoms with van der Waals surface area (Å²) in [5, 5.41) is 7.72. The van der Waals surface area contributed by atoms with Gasteiger partial charge in [-0.3, -0.25) is 4.79 Å². The summed E-state index contributed by atoms with van der Waals surface area (Å²) in [6.07, 6.45) is 0. The molecule has 0 aromatic heterocycles. The van der Waals surface area contributed by atoms with E-state index in [1.165, 1.54) is 12.1 Å². The van der Waals surface area contributed by atoms with Crippen LogP contribution in [0.15, 0.2) is 23.1 Å². The minimum Gasteiger partial charge on any atom is -0.324 e. The Kier molecular flexibility index (Phi) is 4.67. The van der Waals surface area contributed by atoms with Crippen molar-refractivity contribution in [1.29, 1.82) is 0 Å². The average molecular weight is 285 g/mol. The molecule has 0 spiro atoms. The molecule has 0 bridgehead atoms. The number of anilines is 1. The molecule has 106 valence electrons. The molecule has 0 saturated heterocycles. The summed E-state index contributed by atoms with van der Waals surface area (Å²) in [4.78, 5) is 11.8. The molecule has 0 unspecified atom stereocenters. The van der Waals surface area contributed by atoms with Crippen LogP contribution in [0.5, 0.6) is 0 Å². The van der Waals surface area contributed by atoms with Gasteiger partial charge >= 0.3 is 0 Å². The molecule has 1 aromatic carbocycles. The lowest BCUT2D eigenvalue weighted by Crippen LogP contribution is -2.39. The number of hydrogen-bond acceptors (Lipinski definition) is 4. The standard InChI is InChI=1S/C12H19N3O3S/c1-7(2)11(13)12(16)15-9-5-4-6-10(8(9)3)19(14,17)18/h4-7,11H,13H2,1-3H3,(H,15,16)(H2,14,17,18)/t11-/m0/s1. The lowest BCUT2D eigenvalue weighted by atomic mass is 10.0. The van der Waals surface area contributed by atoms with Gasteiger partial charge in [-0.05, 0) is 30.5 Å². The highest BCUT2D eigenvalue weighted by Crippen LogP contribution is 2.22. The molecule has 0 aliphatic carbocycles. The maximum atomic E-state index is 11.9. The second-order valence-corrected chi connectivity index (χ2v) is 6.26. The van der Waals surface area contributed by atoms with Gasteiger partial charge in [0.25, 0.3) is 0 Å². The molecule has 7 heteroatoms. The maximum absolute atomic E-state index is 11.9. The largest absolute Gasteiger partial charge is 0.324 e. The minimum atomic E-state index is -3.81. The number of sulfonamides is 1. The smallest absolute Gasteiger partial charge is 0.241 e. The van der Waals surface area contributed by atoms with E-state index in [0.717, 1.165) is 0 Å². The molecule has 0 aliphatic heterocycles. The van der Waals surface area contributed by atoms with Crippen LogP contribution in [-0.4, -0.2) is 20.4 Å². The van der Waals surface area contributed by atoms with Crippen molar-refractivity contribution in [2.75, 3.05) is 5.32 Å². The molecule has 5 N–H and O–H groups in total. The van der Waals surface area contributed by atoms with Gasteiger partial charge in [0, 0.05) is 5.69 Å². The Morgan fingerprint density at radius 3 is 2.37 bits per heavy atom. The molecule has 0 fully saturated rings. The molecule has 0 radical (unpaired) electrons. The molecule has 0 aliphatic rings. The normalized spacial score (nSPS) is 13.4. The molecule has 19 heavy (non-hydrogen) atoms. The number of nitrogens with two attached hydrogens (primary N) is 2. The zero-order valence-electron chi connectivity index (χ0n) is 11.2. The Morgan fingerprint density at radius 2 is 1.89 bits per heavy atom. The first-order valence-electron chi connectivity index (χ1n) is 5.83. The van der Waals surface area contributed by atoms with E-state index < -0.39 is 16.1 Å². The predicted molar refractivity (Wildman–Crippen MR) is 74.0 cm³/mol. The second kappa shape index (κ2) is 5.68. The summed E-state index contributed by atoms with van der Waals surface area (Å²) in [7, 11) is -3.81. The Morgan fingerprint density at radius 1 is 1.32 bits per heavy atom. The highest BCUT2D eigenvalue weighted by Gasteiger charge is 2.19. The molecule has 1 rings (SSSR count). The topological polar surface area (TPSA) is 115 Å². The van der Waals surface area contributed by atoms with Gasteiger partial charge < -0.3 is 11.1 Å². The zero-order chi connectivity index (χ0) is 14.8. The van der Waals surface area contributed by atoms with Gasteiger partial charge in [-0.2, -0.15) is 0 Å². The van der Waals surface area contributed by atoms with E-state index in [-0.39, 0.29) is 16.7 Å². The quantitative estimate of drug-likeness (QED) is 0.749. The summed E-state index contributed by atoms with van der Waals surface area (Å²) in [5.74, 6) is -0.369. The Hall–Kier alpha value is -1.44. The molecular formula is C12H19N3O3S. The third kappa shape index (κ3) is 3.76. The monoisotopic (exact) mass is 285 g/mol. The summed E-state index contributed by atoms with van der Waals surface area (Å²) in [5.41, 5.74) is 6.52. The molecule has 1 amide bonds. The number of amides is 1. The number of nitrogens with one attached hydrogen (secondary N) is 1. The van der Waals surface area contributed by atoms with Gasteiger partial charge in [0.2, 0.25) is 15.9 Å². The predicted octanol–water partition coefficient (Wildman–Crippen LogP) is 0.564. The van der Waals surface area contributed by atoms with Crippen LogP contribution in [-0.2, 0) is 14.8 Å². The van der Waals surface area contributed by atoms with Crippen molar-refractivity contribution in [1.82, 2.24) is 0 Å². The summed E-state index contributed by atoms with van der Waals surface area (Å²) in [6.45, 7) is 5.24. The Bertz CT molecular complexity index is 582. The van der Waals surface area contributed by atoms with Gasteiger partial charge in [-0.15, -0.1) is 0 Å². The molecule has 0 heterocycles. The Labute approximate surface area is 113 Å². The van der Waals surface area contributed by atoms with Crippen molar-refractivity contribution in [3.05, 3.63) is 23.8 Å². The fourth-order valence-corrected chi connectivity index (χ4v) is 2.38. The fraction of sp³-hybridized carbons (Fsp3) is 0.417. The first-order chi connectivity index (χ1) is 8.64. The van der Waals surface area contributed by atoms with Crippen molar-refractivity contribution >= 4 is 21.6 Å². The van der Waals surface area contributed by atoms with Crippen LogP contribution in [0.2, 0.25) is 0 Å². The van der Waals surface area contributed by atoms with E-state index in [9.17, 15) is 13.2 Å². The van der Waals surface area contributed by atoms with E-state index in [0.29, 0.717) is 11.3 Å². The van der Waals surface area contributed by atoms with Crippen molar-refractivity contribution in [3.63, 3.8) is 0 Å². The number of carbonyl (C=O) groups is 1. The zero-order valence-corrected chi connectivity index (χ0v) is 12.0. The van der Waals surface area contributed by atoms with Gasteiger partial charge in [0.1, 0.15) is 0 Å². The highest BCUT2D eigenvalue weighted by atomic mass is 32.2. The number of benzene rings is 1. The molecule has 1 atom stereocenters. The third-order valence-corrected chi connectivity index (χ3v) is 3.92. The van der Waals surface area contributed by atoms with E-state index in [2.05, 4.69) is 5.32 Å². The third-order valence-electron chi connectivity index (χ3n) is 2.87. The van der Waals surface area contributed by atoms with Crippen molar-refractivity contribution < 1.29 is 13.2 Å². The van der Waals surface area contributed by atoms with E-state index in [4.69, 9.17) is 10.9 Å². The summed E-state index contributed by atoms with van der Waals surface area (Å²) >= 11 is 0. The van der Waals surface area contributed by atoms with Crippen LogP contribution in [0.25, 0.3) is 0 Å². The van der Waals surface area contributed by atoms with Gasteiger partial charge in [0.05, 0.1) is 10.9 Å². The van der Waals surface area contributed by atoms with E-state index in [1.807, 2.05) is 13.8 Å². The van der Waals surface area contributed by atoms with Crippen molar-refractivity contribution in [2.24, 2.45) is 16.8 Å². The SMILES string of the molecule is Cc1c(NC(=O)[C@@H](N)C(C)C)cccc1S(N)(=O)=O. The summed E-state index contributed by atoms with van der Waals surface area (Å²) < 4.78 is 22.7. The number of primary sulfonamides is 1. The average Bonchev–Trinajstić information content (AvgIpc) is 2.29. The first-order valence-corrected chi connectivity index (χ1v) is 7.38. The highest BCUT2D eigenvalue weighted by molar-refractivity contribution is 7.89. The van der Waals surface area contributed by atoms with Crippen LogP contribution >= 0.6 is 0 Å². The summed E-state index contributed by atoms with van der Waals surface area (Å²) in [6, 6.07) is 3.86. The van der Waals surface area contributed by atoms with Crippen LogP contribution in [0.4, 0.5) is 5.69 Å².